The fraction of sp³-hybridized carbons (Fsp3) is 0.267. The van der Waals surface area contributed by atoms with Crippen molar-refractivity contribution in [3.63, 3.8) is 0 Å². The zero-order valence-electron chi connectivity index (χ0n) is 13.0. The molecule has 0 fully saturated rings. The van der Waals surface area contributed by atoms with E-state index in [-0.39, 0.29) is 29.8 Å². The average molecular weight is 407 g/mol. The second kappa shape index (κ2) is 7.01. The Labute approximate surface area is 150 Å². The number of H-pyrrole nitrogens is 1. The normalized spacial score (nSPS) is 15.5. The number of halogens is 1. The predicted molar refractivity (Wildman–Crippen MR) is 91.6 cm³/mol. The van der Waals surface area contributed by atoms with Crippen LogP contribution in [0.3, 0.4) is 0 Å². The van der Waals surface area contributed by atoms with Crippen LogP contribution in [0.25, 0.3) is 0 Å². The number of rotatable bonds is 5. The number of primary amides is 1. The van der Waals surface area contributed by atoms with Crippen LogP contribution in [-0.4, -0.2) is 39.4 Å². The lowest BCUT2D eigenvalue weighted by atomic mass is 10.1. The van der Waals surface area contributed by atoms with Crippen molar-refractivity contribution in [2.75, 3.05) is 11.9 Å². The van der Waals surface area contributed by atoms with Crippen LogP contribution in [0, 0.1) is 5.92 Å². The van der Waals surface area contributed by atoms with Crippen molar-refractivity contribution >= 4 is 39.3 Å². The number of fused-ring (bicyclic) bond motifs is 1. The van der Waals surface area contributed by atoms with E-state index in [1.165, 1.54) is 6.20 Å². The summed E-state index contributed by atoms with van der Waals surface area (Å²) in [7, 11) is 0. The number of aromatic amines is 1. The fourth-order valence-electron chi connectivity index (χ4n) is 2.67. The summed E-state index contributed by atoms with van der Waals surface area (Å²) < 4.78 is 0.871. The number of nitrogens with two attached hydrogens (primary N) is 1. The predicted octanol–water partition coefficient (Wildman–Crippen LogP) is 0.136. The second-order valence-corrected chi connectivity index (χ2v) is 6.58. The van der Waals surface area contributed by atoms with E-state index in [1.807, 2.05) is 6.07 Å². The second-order valence-electron chi connectivity index (χ2n) is 5.66. The Morgan fingerprint density at radius 1 is 1.32 bits per heavy atom. The highest BCUT2D eigenvalue weighted by atomic mass is 79.9. The molecule has 5 N–H and O–H groups in total. The number of hydrogen-bond donors (Lipinski definition) is 4. The molecule has 130 valence electrons. The highest BCUT2D eigenvalue weighted by molar-refractivity contribution is 9.10. The van der Waals surface area contributed by atoms with Gasteiger partial charge in [-0.3, -0.25) is 24.5 Å². The van der Waals surface area contributed by atoms with Crippen LogP contribution in [0.1, 0.15) is 21.7 Å². The highest BCUT2D eigenvalue weighted by Gasteiger charge is 2.29. The van der Waals surface area contributed by atoms with E-state index < -0.39 is 11.8 Å². The summed E-state index contributed by atoms with van der Waals surface area (Å²) in [6, 6.07) is 1.95. The lowest BCUT2D eigenvalue weighted by molar-refractivity contribution is -0.119. The lowest BCUT2D eigenvalue weighted by Gasteiger charge is -2.10. The average Bonchev–Trinajstić information content (AvgIpc) is 3.18. The van der Waals surface area contributed by atoms with Gasteiger partial charge in [-0.05, 0) is 34.0 Å². The highest BCUT2D eigenvalue weighted by Crippen LogP contribution is 2.28. The molecular weight excluding hydrogens is 392 g/mol. The van der Waals surface area contributed by atoms with Crippen molar-refractivity contribution in [1.29, 1.82) is 0 Å². The van der Waals surface area contributed by atoms with Crippen LogP contribution in [0.15, 0.2) is 22.9 Å². The molecule has 0 saturated heterocycles. The summed E-state index contributed by atoms with van der Waals surface area (Å²) in [5.74, 6) is -1.74. The minimum absolute atomic E-state index is 0.0611. The maximum Gasteiger partial charge on any atom is 0.271 e. The van der Waals surface area contributed by atoms with Crippen molar-refractivity contribution in [3.05, 3.63) is 39.9 Å². The molecule has 1 unspecified atom stereocenters. The van der Waals surface area contributed by atoms with Crippen LogP contribution >= 0.6 is 15.9 Å². The van der Waals surface area contributed by atoms with E-state index in [2.05, 4.69) is 41.7 Å². The lowest BCUT2D eigenvalue weighted by Crippen LogP contribution is -2.34. The van der Waals surface area contributed by atoms with Gasteiger partial charge >= 0.3 is 0 Å². The number of amides is 3. The zero-order chi connectivity index (χ0) is 18.0. The van der Waals surface area contributed by atoms with Crippen LogP contribution in [0.4, 0.5) is 5.69 Å². The quantitative estimate of drug-likeness (QED) is 0.558. The molecule has 25 heavy (non-hydrogen) atoms. The first-order valence-electron chi connectivity index (χ1n) is 7.48. The number of carbonyl (C=O) groups excluding carboxylic acids is 3. The molecule has 1 aliphatic carbocycles. The number of aromatic nitrogens is 3. The Bertz CT molecular complexity index is 850. The zero-order valence-corrected chi connectivity index (χ0v) is 14.6. The van der Waals surface area contributed by atoms with Gasteiger partial charge in [0, 0.05) is 28.7 Å². The summed E-state index contributed by atoms with van der Waals surface area (Å²) >= 11 is 3.37. The van der Waals surface area contributed by atoms with Gasteiger partial charge < -0.3 is 16.4 Å². The van der Waals surface area contributed by atoms with Gasteiger partial charge in [0.15, 0.2) is 0 Å². The Balaban J connectivity index is 1.66. The molecule has 0 saturated carbocycles. The van der Waals surface area contributed by atoms with Gasteiger partial charge in [0.1, 0.15) is 5.69 Å². The van der Waals surface area contributed by atoms with E-state index >= 15 is 0 Å². The van der Waals surface area contributed by atoms with E-state index in [4.69, 9.17) is 5.73 Å². The minimum atomic E-state index is -0.666. The van der Waals surface area contributed by atoms with Gasteiger partial charge in [-0.1, -0.05) is 0 Å². The first-order valence-corrected chi connectivity index (χ1v) is 8.27. The first kappa shape index (κ1) is 17.1. The minimum Gasteiger partial charge on any atom is -0.368 e. The number of nitrogens with one attached hydrogen (secondary N) is 3. The standard InChI is InChI=1S/C15H15BrN6O3/c16-9-2-7-1-8(3-10(7)18-4-9)14(24)21-11-5-20-22-13(11)15(25)19-6-12(17)23/h2,4-5,8H,1,3,6H2,(H2,17,23)(H,19,25)(H,20,22)(H,21,24). The summed E-state index contributed by atoms with van der Waals surface area (Å²) in [5.41, 5.74) is 7.22. The van der Waals surface area contributed by atoms with Crippen LogP contribution in [0.2, 0.25) is 0 Å². The molecule has 0 bridgehead atoms. The molecule has 0 aliphatic heterocycles. The van der Waals surface area contributed by atoms with Gasteiger partial charge in [0.2, 0.25) is 11.8 Å². The maximum atomic E-state index is 12.5. The molecule has 2 aromatic heterocycles. The topological polar surface area (TPSA) is 143 Å². The third kappa shape index (κ3) is 3.85. The molecule has 3 amide bonds. The monoisotopic (exact) mass is 406 g/mol. The SMILES string of the molecule is NC(=O)CNC(=O)c1[nH]ncc1NC(=O)C1Cc2cc(Br)cnc2C1. The van der Waals surface area contributed by atoms with E-state index in [0.717, 1.165) is 15.7 Å². The molecule has 3 rings (SSSR count). The van der Waals surface area contributed by atoms with Gasteiger partial charge in [-0.25, -0.2) is 0 Å². The van der Waals surface area contributed by atoms with E-state index in [0.29, 0.717) is 12.8 Å². The van der Waals surface area contributed by atoms with Crippen molar-refractivity contribution in [1.82, 2.24) is 20.5 Å². The molecule has 2 aromatic rings. The van der Waals surface area contributed by atoms with Crippen LogP contribution < -0.4 is 16.4 Å². The Morgan fingerprint density at radius 2 is 2.12 bits per heavy atom. The molecule has 0 spiro atoms. The van der Waals surface area contributed by atoms with Gasteiger partial charge in [0.25, 0.3) is 5.91 Å². The van der Waals surface area contributed by atoms with Gasteiger partial charge in [-0.2, -0.15) is 5.10 Å². The molecule has 9 nitrogen and oxygen atoms in total. The summed E-state index contributed by atoms with van der Waals surface area (Å²) in [4.78, 5) is 39.6. The first-order chi connectivity index (χ1) is 11.9. The van der Waals surface area contributed by atoms with Crippen LogP contribution in [0.5, 0.6) is 0 Å². The molecule has 0 aromatic carbocycles. The number of anilines is 1. The number of carbonyl (C=O) groups is 3. The smallest absolute Gasteiger partial charge is 0.271 e. The Hall–Kier alpha value is -2.75. The Kier molecular flexibility index (Phi) is 4.79. The maximum absolute atomic E-state index is 12.5. The molecule has 2 heterocycles. The molecule has 1 aliphatic rings. The van der Waals surface area contributed by atoms with E-state index in [1.54, 1.807) is 6.20 Å². The molecule has 0 radical (unpaired) electrons. The van der Waals surface area contributed by atoms with Crippen molar-refractivity contribution in [3.8, 4) is 0 Å². The third-order valence-corrected chi connectivity index (χ3v) is 4.28. The molecule has 1 atom stereocenters. The molecular formula is C15H15BrN6O3. The number of nitrogens with zero attached hydrogens (tertiary/aromatic N) is 2. The van der Waals surface area contributed by atoms with E-state index in [9.17, 15) is 14.4 Å². The number of hydrogen-bond acceptors (Lipinski definition) is 5. The number of pyridine rings is 1. The van der Waals surface area contributed by atoms with Gasteiger partial charge in [-0.15, -0.1) is 0 Å². The summed E-state index contributed by atoms with van der Waals surface area (Å²) in [5, 5.41) is 11.3. The summed E-state index contributed by atoms with van der Waals surface area (Å²) in [6.45, 7) is -0.302. The van der Waals surface area contributed by atoms with Crippen molar-refractivity contribution < 1.29 is 14.4 Å². The molecule has 10 heteroatoms. The Morgan fingerprint density at radius 3 is 2.88 bits per heavy atom. The van der Waals surface area contributed by atoms with Crippen LogP contribution in [-0.2, 0) is 22.4 Å². The van der Waals surface area contributed by atoms with Crippen molar-refractivity contribution in [2.45, 2.75) is 12.8 Å². The largest absolute Gasteiger partial charge is 0.368 e. The third-order valence-electron chi connectivity index (χ3n) is 3.85. The summed E-state index contributed by atoms with van der Waals surface area (Å²) in [6.07, 6.45) is 4.16. The van der Waals surface area contributed by atoms with Gasteiger partial charge in [0.05, 0.1) is 18.4 Å². The van der Waals surface area contributed by atoms with Crippen molar-refractivity contribution in [2.24, 2.45) is 11.7 Å². The fourth-order valence-corrected chi connectivity index (χ4v) is 3.05.